The molecule has 4 aromatic rings. The minimum Gasteiger partial charge on any atom is -0.488 e. The summed E-state index contributed by atoms with van der Waals surface area (Å²) in [5.74, 6) is 0.518. The molecule has 0 radical (unpaired) electrons. The molecule has 0 aliphatic heterocycles. The Hall–Kier alpha value is -4.02. The van der Waals surface area contributed by atoms with Gasteiger partial charge < -0.3 is 9.47 Å². The molecule has 0 unspecified atom stereocenters. The summed E-state index contributed by atoms with van der Waals surface area (Å²) in [7, 11) is 0. The largest absolute Gasteiger partial charge is 0.488 e. The zero-order valence-electron chi connectivity index (χ0n) is 19.8. The number of nitrogens with one attached hydrogen (secondary N) is 1. The van der Waals surface area contributed by atoms with E-state index in [9.17, 15) is 14.9 Å². The number of amides is 1. The molecule has 10 heteroatoms. The van der Waals surface area contributed by atoms with Crippen LogP contribution in [0.5, 0.6) is 11.5 Å². The van der Waals surface area contributed by atoms with Gasteiger partial charge in [-0.05, 0) is 63.5 Å². The van der Waals surface area contributed by atoms with Crippen LogP contribution in [0.2, 0.25) is 0 Å². The first-order valence-electron chi connectivity index (χ1n) is 11.3. The number of hydrogen-bond acceptors (Lipinski definition) is 6. The number of nitrogens with zero attached hydrogens (tertiary/aromatic N) is 2. The number of nitro benzene ring substituents is 1. The van der Waals surface area contributed by atoms with Gasteiger partial charge in [0.15, 0.2) is 0 Å². The van der Waals surface area contributed by atoms with Crippen molar-refractivity contribution in [1.82, 2.24) is 5.43 Å². The van der Waals surface area contributed by atoms with Gasteiger partial charge in [-0.25, -0.2) is 5.43 Å². The number of hydrazone groups is 1. The molecule has 4 rings (SSSR count). The number of halogens is 2. The van der Waals surface area contributed by atoms with Gasteiger partial charge in [-0.3, -0.25) is 14.9 Å². The second-order valence-electron chi connectivity index (χ2n) is 7.99. The van der Waals surface area contributed by atoms with E-state index in [1.165, 1.54) is 18.3 Å². The topological polar surface area (TPSA) is 103 Å². The van der Waals surface area contributed by atoms with E-state index < -0.39 is 10.8 Å². The summed E-state index contributed by atoms with van der Waals surface area (Å²) in [6.07, 6.45) is 1.48. The molecule has 0 saturated carbocycles. The Kier molecular flexibility index (Phi) is 9.23. The van der Waals surface area contributed by atoms with Crippen LogP contribution in [0.1, 0.15) is 27.0 Å². The maximum atomic E-state index is 12.9. The molecule has 38 heavy (non-hydrogen) atoms. The molecule has 0 bridgehead atoms. The Morgan fingerprint density at radius 1 is 0.895 bits per heavy atom. The minimum atomic E-state index is -0.452. The van der Waals surface area contributed by atoms with Crippen LogP contribution in [-0.2, 0) is 13.2 Å². The van der Waals surface area contributed by atoms with E-state index in [1.54, 1.807) is 42.5 Å². The minimum absolute atomic E-state index is 0.00850. The number of para-hydroxylation sites is 1. The van der Waals surface area contributed by atoms with Crippen LogP contribution in [0.4, 0.5) is 5.69 Å². The molecular weight excluding hydrogens is 618 g/mol. The van der Waals surface area contributed by atoms with Crippen LogP contribution in [-0.4, -0.2) is 17.0 Å². The molecule has 0 heterocycles. The Balaban J connectivity index is 1.44. The zero-order valence-corrected chi connectivity index (χ0v) is 23.0. The first-order chi connectivity index (χ1) is 18.4. The normalized spacial score (nSPS) is 10.8. The lowest BCUT2D eigenvalue weighted by atomic mass is 10.2. The number of non-ortho nitro benzene ring substituents is 1. The van der Waals surface area contributed by atoms with Crippen molar-refractivity contribution in [3.8, 4) is 11.5 Å². The molecule has 192 valence electrons. The SMILES string of the molecule is O=C(N/N=C/c1cc(Br)cc(Br)c1OCc1ccc([N+](=O)[O-])cc1)c1ccccc1OCc1ccccc1. The third-order valence-corrected chi connectivity index (χ3v) is 6.35. The first kappa shape index (κ1) is 27.0. The highest BCUT2D eigenvalue weighted by Crippen LogP contribution is 2.33. The molecule has 0 aromatic heterocycles. The monoisotopic (exact) mass is 637 g/mol. The fourth-order valence-electron chi connectivity index (χ4n) is 3.43. The van der Waals surface area contributed by atoms with Gasteiger partial charge in [0.1, 0.15) is 24.7 Å². The van der Waals surface area contributed by atoms with Crippen molar-refractivity contribution < 1.29 is 19.2 Å². The molecule has 0 aliphatic carbocycles. The van der Waals surface area contributed by atoms with Crippen molar-refractivity contribution >= 4 is 49.7 Å². The lowest BCUT2D eigenvalue weighted by Gasteiger charge is -2.12. The van der Waals surface area contributed by atoms with Crippen molar-refractivity contribution in [3.05, 3.63) is 132 Å². The Labute approximate surface area is 235 Å². The molecule has 0 spiro atoms. The highest BCUT2D eigenvalue weighted by molar-refractivity contribution is 9.11. The molecule has 4 aromatic carbocycles. The Morgan fingerprint density at radius 3 is 2.29 bits per heavy atom. The summed E-state index contributed by atoms with van der Waals surface area (Å²) < 4.78 is 13.3. The van der Waals surface area contributed by atoms with Crippen LogP contribution in [0.3, 0.4) is 0 Å². The van der Waals surface area contributed by atoms with Gasteiger partial charge in [-0.2, -0.15) is 5.10 Å². The molecule has 0 saturated heterocycles. The fraction of sp³-hybridized carbons (Fsp3) is 0.0714. The highest BCUT2D eigenvalue weighted by Gasteiger charge is 2.13. The van der Waals surface area contributed by atoms with Crippen LogP contribution in [0.15, 0.2) is 105 Å². The van der Waals surface area contributed by atoms with Gasteiger partial charge in [0.05, 0.1) is 21.2 Å². The van der Waals surface area contributed by atoms with Crippen LogP contribution >= 0.6 is 31.9 Å². The molecule has 1 amide bonds. The van der Waals surface area contributed by atoms with E-state index in [4.69, 9.17) is 9.47 Å². The number of nitro groups is 1. The predicted octanol–water partition coefficient (Wildman–Crippen LogP) is 7.04. The Bertz CT molecular complexity index is 1460. The van der Waals surface area contributed by atoms with Crippen LogP contribution in [0.25, 0.3) is 0 Å². The zero-order chi connectivity index (χ0) is 26.9. The average Bonchev–Trinajstić information content (AvgIpc) is 2.92. The van der Waals surface area contributed by atoms with Crippen LogP contribution in [0, 0.1) is 10.1 Å². The molecule has 8 nitrogen and oxygen atoms in total. The third-order valence-electron chi connectivity index (χ3n) is 5.31. The quantitative estimate of drug-likeness (QED) is 0.114. The molecule has 0 fully saturated rings. The van der Waals surface area contributed by atoms with Gasteiger partial charge in [-0.15, -0.1) is 0 Å². The number of carbonyl (C=O) groups excluding carboxylic acids is 1. The third kappa shape index (κ3) is 7.27. The van der Waals surface area contributed by atoms with Crippen molar-refractivity contribution in [2.75, 3.05) is 0 Å². The fourth-order valence-corrected chi connectivity index (χ4v) is 4.81. The standard InChI is InChI=1S/C28H21Br2N3O5/c29-22-14-21(27(25(30)15-22)38-18-20-10-12-23(13-11-20)33(35)36)16-31-32-28(34)24-8-4-5-9-26(24)37-17-19-6-2-1-3-7-19/h1-16H,17-18H2,(H,32,34)/b31-16+. The second-order valence-corrected chi connectivity index (χ2v) is 9.76. The van der Waals surface area contributed by atoms with E-state index in [0.29, 0.717) is 33.7 Å². The number of rotatable bonds is 10. The molecule has 0 aliphatic rings. The van der Waals surface area contributed by atoms with Crippen molar-refractivity contribution in [2.45, 2.75) is 13.2 Å². The number of hydrogen-bond donors (Lipinski definition) is 1. The lowest BCUT2D eigenvalue weighted by Crippen LogP contribution is -2.18. The Morgan fingerprint density at radius 2 is 1.55 bits per heavy atom. The number of ether oxygens (including phenoxy) is 2. The average molecular weight is 639 g/mol. The van der Waals surface area contributed by atoms with E-state index >= 15 is 0 Å². The van der Waals surface area contributed by atoms with Gasteiger partial charge in [-0.1, -0.05) is 58.4 Å². The molecule has 1 N–H and O–H groups in total. The number of benzene rings is 4. The smallest absolute Gasteiger partial charge is 0.275 e. The van der Waals surface area contributed by atoms with Crippen molar-refractivity contribution in [1.29, 1.82) is 0 Å². The van der Waals surface area contributed by atoms with Crippen molar-refractivity contribution in [2.24, 2.45) is 5.10 Å². The summed E-state index contributed by atoms with van der Waals surface area (Å²) in [6, 6.07) is 26.4. The van der Waals surface area contributed by atoms with Gasteiger partial charge in [0.2, 0.25) is 0 Å². The van der Waals surface area contributed by atoms with Crippen LogP contribution < -0.4 is 14.9 Å². The number of carbonyl (C=O) groups is 1. The van der Waals surface area contributed by atoms with Crippen molar-refractivity contribution in [3.63, 3.8) is 0 Å². The van der Waals surface area contributed by atoms with Gasteiger partial charge >= 0.3 is 0 Å². The summed E-state index contributed by atoms with van der Waals surface area (Å²) in [4.78, 5) is 23.3. The summed E-state index contributed by atoms with van der Waals surface area (Å²) in [6.45, 7) is 0.507. The predicted molar refractivity (Wildman–Crippen MR) is 152 cm³/mol. The maximum absolute atomic E-state index is 12.9. The van der Waals surface area contributed by atoms with E-state index in [-0.39, 0.29) is 12.3 Å². The second kappa shape index (κ2) is 13.0. The summed E-state index contributed by atoms with van der Waals surface area (Å²) in [5.41, 5.74) is 5.25. The van der Waals surface area contributed by atoms with E-state index in [0.717, 1.165) is 15.6 Å². The van der Waals surface area contributed by atoms with E-state index in [1.807, 2.05) is 36.4 Å². The first-order valence-corrected chi connectivity index (χ1v) is 12.9. The maximum Gasteiger partial charge on any atom is 0.275 e. The lowest BCUT2D eigenvalue weighted by molar-refractivity contribution is -0.384. The summed E-state index contributed by atoms with van der Waals surface area (Å²) >= 11 is 6.95. The molecule has 0 atom stereocenters. The highest BCUT2D eigenvalue weighted by atomic mass is 79.9. The summed E-state index contributed by atoms with van der Waals surface area (Å²) in [5, 5.41) is 15.0. The van der Waals surface area contributed by atoms with Gasteiger partial charge in [0.25, 0.3) is 11.6 Å². The van der Waals surface area contributed by atoms with E-state index in [2.05, 4.69) is 42.4 Å². The van der Waals surface area contributed by atoms with Gasteiger partial charge in [0, 0.05) is 22.2 Å². The molecular formula is C28H21Br2N3O5.